The van der Waals surface area contributed by atoms with Gasteiger partial charge in [0.25, 0.3) is 0 Å². The maximum absolute atomic E-state index is 10.8. The lowest BCUT2D eigenvalue weighted by Gasteiger charge is -2.43. The lowest BCUT2D eigenvalue weighted by molar-refractivity contribution is -0.0474. The van der Waals surface area contributed by atoms with Gasteiger partial charge in [-0.15, -0.1) is 0 Å². The van der Waals surface area contributed by atoms with E-state index in [1.54, 1.807) is 0 Å². The SMILES string of the molecule is C[C@H]1C=C2C=C[C@H](C)[C@H](CC[C@@H]3C[C@H](O[Si](C)(C)C(C)(C)C)CCO3)[C@H]2[C@@H](O)C1. The van der Waals surface area contributed by atoms with Gasteiger partial charge in [-0.05, 0) is 73.6 Å². The number of hydrogen-bond donors (Lipinski definition) is 1. The fraction of sp³-hybridized carbons (Fsp3) is 0.840. The number of rotatable bonds is 5. The second kappa shape index (κ2) is 8.98. The molecule has 0 unspecified atom stereocenters. The van der Waals surface area contributed by atoms with Gasteiger partial charge in [0.05, 0.1) is 12.2 Å². The van der Waals surface area contributed by atoms with Crippen LogP contribution >= 0.6 is 0 Å². The van der Waals surface area contributed by atoms with Crippen LogP contribution in [0.15, 0.2) is 23.8 Å². The Morgan fingerprint density at radius 1 is 1.17 bits per heavy atom. The Hall–Kier alpha value is -0.423. The molecule has 166 valence electrons. The van der Waals surface area contributed by atoms with Crippen molar-refractivity contribution in [1.82, 2.24) is 0 Å². The molecule has 1 N–H and O–H groups in total. The van der Waals surface area contributed by atoms with E-state index in [0.717, 1.165) is 38.7 Å². The van der Waals surface area contributed by atoms with Crippen LogP contribution in [0.2, 0.25) is 18.1 Å². The third kappa shape index (κ3) is 5.44. The summed E-state index contributed by atoms with van der Waals surface area (Å²) in [5.74, 6) is 1.81. The Labute approximate surface area is 180 Å². The lowest BCUT2D eigenvalue weighted by Crippen LogP contribution is -2.46. The Balaban J connectivity index is 1.59. The highest BCUT2D eigenvalue weighted by molar-refractivity contribution is 6.74. The van der Waals surface area contributed by atoms with Crippen LogP contribution in [-0.2, 0) is 9.16 Å². The van der Waals surface area contributed by atoms with Gasteiger partial charge in [0.15, 0.2) is 8.32 Å². The summed E-state index contributed by atoms with van der Waals surface area (Å²) in [6.45, 7) is 17.0. The molecular weight excluding hydrogens is 376 g/mol. The normalized spacial score (nSPS) is 38.5. The zero-order valence-corrected chi connectivity index (χ0v) is 20.8. The average Bonchev–Trinajstić information content (AvgIpc) is 2.60. The molecule has 0 amide bonds. The number of aliphatic hydroxyl groups is 1. The molecule has 1 heterocycles. The van der Waals surface area contributed by atoms with Crippen LogP contribution in [0.4, 0.5) is 0 Å². The Morgan fingerprint density at radius 2 is 1.90 bits per heavy atom. The molecule has 1 saturated heterocycles. The maximum Gasteiger partial charge on any atom is 0.192 e. The molecule has 1 aliphatic heterocycles. The van der Waals surface area contributed by atoms with Crippen molar-refractivity contribution >= 4 is 8.32 Å². The molecule has 3 aliphatic rings. The molecule has 3 nitrogen and oxygen atoms in total. The Kier molecular flexibility index (Phi) is 7.20. The third-order valence-corrected chi connectivity index (χ3v) is 12.6. The van der Waals surface area contributed by atoms with E-state index < -0.39 is 8.32 Å². The number of allylic oxidation sites excluding steroid dienone is 3. The van der Waals surface area contributed by atoms with Crippen LogP contribution in [0.1, 0.15) is 66.7 Å². The second-order valence-corrected chi connectivity index (χ2v) is 16.2. The molecule has 0 bridgehead atoms. The summed E-state index contributed by atoms with van der Waals surface area (Å²) in [6, 6.07) is 0. The zero-order valence-electron chi connectivity index (χ0n) is 19.8. The third-order valence-electron chi connectivity index (χ3n) is 8.03. The predicted molar refractivity (Wildman–Crippen MR) is 123 cm³/mol. The van der Waals surface area contributed by atoms with E-state index in [-0.39, 0.29) is 11.1 Å². The van der Waals surface area contributed by atoms with E-state index in [9.17, 15) is 5.11 Å². The van der Waals surface area contributed by atoms with Crippen molar-refractivity contribution in [2.45, 2.75) is 103 Å². The smallest absolute Gasteiger partial charge is 0.192 e. The van der Waals surface area contributed by atoms with E-state index >= 15 is 0 Å². The number of fused-ring (bicyclic) bond motifs is 1. The van der Waals surface area contributed by atoms with Gasteiger partial charge in [-0.3, -0.25) is 0 Å². The van der Waals surface area contributed by atoms with Gasteiger partial charge in [0.1, 0.15) is 0 Å². The fourth-order valence-corrected chi connectivity index (χ4v) is 6.66. The first-order valence-electron chi connectivity index (χ1n) is 11.9. The first-order chi connectivity index (χ1) is 13.5. The van der Waals surface area contributed by atoms with Crippen LogP contribution in [0, 0.1) is 23.7 Å². The molecule has 4 heteroatoms. The summed E-state index contributed by atoms with van der Waals surface area (Å²) in [5.41, 5.74) is 1.36. The molecule has 0 aromatic carbocycles. The minimum absolute atomic E-state index is 0.204. The van der Waals surface area contributed by atoms with Crippen molar-refractivity contribution in [1.29, 1.82) is 0 Å². The first kappa shape index (κ1) is 23.2. The topological polar surface area (TPSA) is 38.7 Å². The zero-order chi connectivity index (χ0) is 21.4. The quantitative estimate of drug-likeness (QED) is 0.546. The van der Waals surface area contributed by atoms with Gasteiger partial charge in [-0.2, -0.15) is 0 Å². The Morgan fingerprint density at radius 3 is 2.59 bits per heavy atom. The molecule has 0 aromatic heterocycles. The predicted octanol–water partition coefficient (Wildman–Crippen LogP) is 6.10. The van der Waals surface area contributed by atoms with Gasteiger partial charge < -0.3 is 14.3 Å². The van der Waals surface area contributed by atoms with Crippen molar-refractivity contribution in [3.63, 3.8) is 0 Å². The molecule has 2 aliphatic carbocycles. The van der Waals surface area contributed by atoms with E-state index in [1.165, 1.54) is 5.57 Å². The highest BCUT2D eigenvalue weighted by Gasteiger charge is 2.41. The van der Waals surface area contributed by atoms with Gasteiger partial charge in [-0.25, -0.2) is 0 Å². The molecule has 3 rings (SSSR count). The molecule has 0 radical (unpaired) electrons. The van der Waals surface area contributed by atoms with Crippen molar-refractivity contribution in [3.05, 3.63) is 23.8 Å². The summed E-state index contributed by atoms with van der Waals surface area (Å²) < 4.78 is 12.9. The summed E-state index contributed by atoms with van der Waals surface area (Å²) in [4.78, 5) is 0. The second-order valence-electron chi connectivity index (χ2n) is 11.4. The highest BCUT2D eigenvalue weighted by Crippen LogP contribution is 2.44. The molecule has 1 fully saturated rings. The molecule has 0 aromatic rings. The van der Waals surface area contributed by atoms with E-state index in [2.05, 4.69) is 65.9 Å². The average molecular weight is 421 g/mol. The summed E-state index contributed by atoms with van der Waals surface area (Å²) in [7, 11) is -1.73. The standard InChI is InChI=1S/C25H44O3Si/c1-17-14-19-9-8-18(2)22(24(19)23(26)15-17)11-10-20-16-21(12-13-27-20)28-29(6,7)25(3,4)5/h8-9,14,17-18,20-24,26H,10-13,15-16H2,1-7H3/t17-,18-,20+,21+,22-,23-,24-/m0/s1. The van der Waals surface area contributed by atoms with Crippen LogP contribution < -0.4 is 0 Å². The lowest BCUT2D eigenvalue weighted by atomic mass is 9.65. The fourth-order valence-electron chi connectivity index (χ4n) is 5.26. The number of ether oxygens (including phenoxy) is 1. The van der Waals surface area contributed by atoms with E-state index in [4.69, 9.17) is 9.16 Å². The molecule has 0 spiro atoms. The van der Waals surface area contributed by atoms with Crippen molar-refractivity contribution in [2.24, 2.45) is 23.7 Å². The Bertz CT molecular complexity index is 618. The molecular formula is C25H44O3Si. The minimum Gasteiger partial charge on any atom is -0.414 e. The molecule has 0 saturated carbocycles. The molecule has 29 heavy (non-hydrogen) atoms. The van der Waals surface area contributed by atoms with Gasteiger partial charge >= 0.3 is 0 Å². The summed E-state index contributed by atoms with van der Waals surface area (Å²) in [6.07, 6.45) is 12.6. The van der Waals surface area contributed by atoms with Crippen LogP contribution in [0.3, 0.4) is 0 Å². The minimum atomic E-state index is -1.73. The van der Waals surface area contributed by atoms with Gasteiger partial charge in [0, 0.05) is 18.6 Å². The van der Waals surface area contributed by atoms with Crippen LogP contribution in [0.5, 0.6) is 0 Å². The van der Waals surface area contributed by atoms with Crippen molar-refractivity contribution < 1.29 is 14.3 Å². The highest BCUT2D eigenvalue weighted by atomic mass is 28.4. The van der Waals surface area contributed by atoms with Crippen molar-refractivity contribution in [2.75, 3.05) is 6.61 Å². The van der Waals surface area contributed by atoms with Gasteiger partial charge in [-0.1, -0.05) is 52.8 Å². The van der Waals surface area contributed by atoms with Crippen LogP contribution in [-0.4, -0.2) is 38.3 Å². The van der Waals surface area contributed by atoms with Gasteiger partial charge in [0.2, 0.25) is 0 Å². The van der Waals surface area contributed by atoms with Crippen LogP contribution in [0.25, 0.3) is 0 Å². The summed E-state index contributed by atoms with van der Waals surface area (Å²) >= 11 is 0. The largest absolute Gasteiger partial charge is 0.414 e. The van der Waals surface area contributed by atoms with E-state index in [1.807, 2.05) is 0 Å². The molecule has 7 atom stereocenters. The summed E-state index contributed by atoms with van der Waals surface area (Å²) in [5, 5.41) is 11.1. The number of hydrogen-bond acceptors (Lipinski definition) is 3. The van der Waals surface area contributed by atoms with E-state index in [0.29, 0.717) is 35.9 Å². The first-order valence-corrected chi connectivity index (χ1v) is 14.8. The monoisotopic (exact) mass is 420 g/mol. The van der Waals surface area contributed by atoms with Crippen molar-refractivity contribution in [3.8, 4) is 0 Å². The number of aliphatic hydroxyl groups excluding tert-OH is 1. The maximum atomic E-state index is 10.8.